The second-order valence-electron chi connectivity index (χ2n) is 4.68. The summed E-state index contributed by atoms with van der Waals surface area (Å²) >= 11 is 0. The summed E-state index contributed by atoms with van der Waals surface area (Å²) in [4.78, 5) is 11.9. The molecule has 1 aromatic rings. The molecular weight excluding hydrogens is 212 g/mol. The summed E-state index contributed by atoms with van der Waals surface area (Å²) < 4.78 is 0. The molecule has 3 nitrogen and oxygen atoms in total. The van der Waals surface area contributed by atoms with Gasteiger partial charge in [-0.25, -0.2) is 0 Å². The fraction of sp³-hybridized carbons (Fsp3) is 0.500. The SMILES string of the molecule is Cc1ccc(C)c(C(=O)NCCNC(C)C)c1. The molecule has 0 aliphatic rings. The van der Waals surface area contributed by atoms with Gasteiger partial charge in [0.2, 0.25) is 0 Å². The zero-order chi connectivity index (χ0) is 12.8. The minimum Gasteiger partial charge on any atom is -0.351 e. The quantitative estimate of drug-likeness (QED) is 0.765. The van der Waals surface area contributed by atoms with E-state index in [1.807, 2.05) is 32.0 Å². The molecule has 0 spiro atoms. The minimum absolute atomic E-state index is 0.0109. The smallest absolute Gasteiger partial charge is 0.251 e. The average molecular weight is 234 g/mol. The van der Waals surface area contributed by atoms with E-state index in [0.717, 1.165) is 23.2 Å². The summed E-state index contributed by atoms with van der Waals surface area (Å²) in [6, 6.07) is 6.39. The van der Waals surface area contributed by atoms with Gasteiger partial charge in [-0.2, -0.15) is 0 Å². The van der Waals surface area contributed by atoms with E-state index in [9.17, 15) is 4.79 Å². The molecule has 0 saturated carbocycles. The zero-order valence-electron chi connectivity index (χ0n) is 11.1. The first kappa shape index (κ1) is 13.7. The lowest BCUT2D eigenvalue weighted by Gasteiger charge is -2.10. The fourth-order valence-electron chi connectivity index (χ4n) is 1.61. The maximum atomic E-state index is 11.9. The number of aryl methyl sites for hydroxylation is 2. The normalized spacial score (nSPS) is 10.6. The van der Waals surface area contributed by atoms with E-state index >= 15 is 0 Å². The van der Waals surface area contributed by atoms with Crippen molar-refractivity contribution < 1.29 is 4.79 Å². The standard InChI is InChI=1S/C14H22N2O/c1-10(2)15-7-8-16-14(17)13-9-11(3)5-6-12(13)4/h5-6,9-10,15H,7-8H2,1-4H3,(H,16,17). The summed E-state index contributed by atoms with van der Waals surface area (Å²) in [5.74, 6) is 0.0109. The zero-order valence-corrected chi connectivity index (χ0v) is 11.1. The highest BCUT2D eigenvalue weighted by molar-refractivity contribution is 5.95. The molecular formula is C14H22N2O. The van der Waals surface area contributed by atoms with Crippen LogP contribution in [0.1, 0.15) is 35.3 Å². The van der Waals surface area contributed by atoms with Gasteiger partial charge in [0.05, 0.1) is 0 Å². The number of benzene rings is 1. The van der Waals surface area contributed by atoms with E-state index < -0.39 is 0 Å². The molecule has 0 aliphatic heterocycles. The molecule has 1 rings (SSSR count). The monoisotopic (exact) mass is 234 g/mol. The van der Waals surface area contributed by atoms with Crippen molar-refractivity contribution in [3.05, 3.63) is 34.9 Å². The lowest BCUT2D eigenvalue weighted by molar-refractivity contribution is 0.0953. The van der Waals surface area contributed by atoms with Crippen LogP contribution in [0.3, 0.4) is 0 Å². The van der Waals surface area contributed by atoms with Gasteiger partial charge in [-0.05, 0) is 25.5 Å². The van der Waals surface area contributed by atoms with Crippen LogP contribution in [0.25, 0.3) is 0 Å². The Balaban J connectivity index is 2.49. The molecule has 3 heteroatoms. The maximum absolute atomic E-state index is 11.9. The van der Waals surface area contributed by atoms with Crippen LogP contribution in [-0.2, 0) is 0 Å². The molecule has 0 heterocycles. The maximum Gasteiger partial charge on any atom is 0.251 e. The van der Waals surface area contributed by atoms with Gasteiger partial charge in [0.15, 0.2) is 0 Å². The van der Waals surface area contributed by atoms with Crippen molar-refractivity contribution in [2.75, 3.05) is 13.1 Å². The van der Waals surface area contributed by atoms with Crippen LogP contribution >= 0.6 is 0 Å². The molecule has 2 N–H and O–H groups in total. The Morgan fingerprint density at radius 1 is 1.24 bits per heavy atom. The average Bonchev–Trinajstić information content (AvgIpc) is 2.27. The van der Waals surface area contributed by atoms with Gasteiger partial charge in [0.1, 0.15) is 0 Å². The molecule has 0 aliphatic carbocycles. The first-order valence-corrected chi connectivity index (χ1v) is 6.09. The molecule has 0 saturated heterocycles. The molecule has 0 unspecified atom stereocenters. The molecule has 0 atom stereocenters. The van der Waals surface area contributed by atoms with Gasteiger partial charge in [0.25, 0.3) is 5.91 Å². The molecule has 1 aromatic carbocycles. The van der Waals surface area contributed by atoms with Gasteiger partial charge >= 0.3 is 0 Å². The van der Waals surface area contributed by atoms with Gasteiger partial charge in [-0.1, -0.05) is 31.5 Å². The largest absolute Gasteiger partial charge is 0.351 e. The second-order valence-corrected chi connectivity index (χ2v) is 4.68. The molecule has 17 heavy (non-hydrogen) atoms. The summed E-state index contributed by atoms with van der Waals surface area (Å²) in [5.41, 5.74) is 2.90. The first-order chi connectivity index (χ1) is 8.00. The van der Waals surface area contributed by atoms with E-state index in [1.54, 1.807) is 0 Å². The van der Waals surface area contributed by atoms with Crippen molar-refractivity contribution in [2.24, 2.45) is 0 Å². The Hall–Kier alpha value is -1.35. The van der Waals surface area contributed by atoms with E-state index in [-0.39, 0.29) is 5.91 Å². The third kappa shape index (κ3) is 4.57. The predicted octanol–water partition coefficient (Wildman–Crippen LogP) is 2.03. The van der Waals surface area contributed by atoms with Crippen LogP contribution in [0.15, 0.2) is 18.2 Å². The Morgan fingerprint density at radius 2 is 1.94 bits per heavy atom. The summed E-state index contributed by atoms with van der Waals surface area (Å²) in [5, 5.41) is 6.18. The highest BCUT2D eigenvalue weighted by atomic mass is 16.1. The number of carbonyl (C=O) groups is 1. The predicted molar refractivity (Wildman–Crippen MR) is 71.4 cm³/mol. The Morgan fingerprint density at radius 3 is 2.59 bits per heavy atom. The molecule has 1 amide bonds. The molecule has 0 radical (unpaired) electrons. The highest BCUT2D eigenvalue weighted by Crippen LogP contribution is 2.10. The molecule has 0 bridgehead atoms. The van der Waals surface area contributed by atoms with Crippen LogP contribution < -0.4 is 10.6 Å². The van der Waals surface area contributed by atoms with Crippen molar-refractivity contribution in [3.63, 3.8) is 0 Å². The molecule has 0 aromatic heterocycles. The van der Waals surface area contributed by atoms with Crippen LogP contribution in [0.2, 0.25) is 0 Å². The number of carbonyl (C=O) groups excluding carboxylic acids is 1. The topological polar surface area (TPSA) is 41.1 Å². The number of nitrogens with one attached hydrogen (secondary N) is 2. The van der Waals surface area contributed by atoms with E-state index in [4.69, 9.17) is 0 Å². The van der Waals surface area contributed by atoms with E-state index in [1.165, 1.54) is 0 Å². The van der Waals surface area contributed by atoms with Crippen molar-refractivity contribution in [2.45, 2.75) is 33.7 Å². The third-order valence-electron chi connectivity index (χ3n) is 2.60. The van der Waals surface area contributed by atoms with E-state index in [2.05, 4.69) is 24.5 Å². The lowest BCUT2D eigenvalue weighted by Crippen LogP contribution is -2.34. The number of amides is 1. The fourth-order valence-corrected chi connectivity index (χ4v) is 1.61. The number of hydrogen-bond donors (Lipinski definition) is 2. The molecule has 0 fully saturated rings. The second kappa shape index (κ2) is 6.40. The van der Waals surface area contributed by atoms with Crippen LogP contribution in [0.4, 0.5) is 0 Å². The highest BCUT2D eigenvalue weighted by Gasteiger charge is 2.08. The van der Waals surface area contributed by atoms with Crippen LogP contribution in [-0.4, -0.2) is 25.0 Å². The summed E-state index contributed by atoms with van der Waals surface area (Å²) in [6.45, 7) is 9.59. The van der Waals surface area contributed by atoms with Crippen LogP contribution in [0.5, 0.6) is 0 Å². The first-order valence-electron chi connectivity index (χ1n) is 6.09. The van der Waals surface area contributed by atoms with Gasteiger partial charge in [-0.3, -0.25) is 4.79 Å². The van der Waals surface area contributed by atoms with Gasteiger partial charge in [-0.15, -0.1) is 0 Å². The van der Waals surface area contributed by atoms with E-state index in [0.29, 0.717) is 12.6 Å². The van der Waals surface area contributed by atoms with Crippen molar-refractivity contribution in [1.29, 1.82) is 0 Å². The van der Waals surface area contributed by atoms with Crippen molar-refractivity contribution in [1.82, 2.24) is 10.6 Å². The van der Waals surface area contributed by atoms with Gasteiger partial charge < -0.3 is 10.6 Å². The molecule has 94 valence electrons. The minimum atomic E-state index is 0.0109. The Labute approximate surface area is 104 Å². The Kier molecular flexibility index (Phi) is 5.16. The summed E-state index contributed by atoms with van der Waals surface area (Å²) in [6.07, 6.45) is 0. The van der Waals surface area contributed by atoms with Crippen LogP contribution in [0, 0.1) is 13.8 Å². The van der Waals surface area contributed by atoms with Crippen molar-refractivity contribution in [3.8, 4) is 0 Å². The number of hydrogen-bond acceptors (Lipinski definition) is 2. The van der Waals surface area contributed by atoms with Crippen molar-refractivity contribution >= 4 is 5.91 Å². The van der Waals surface area contributed by atoms with Gasteiger partial charge in [0, 0.05) is 24.7 Å². The number of rotatable bonds is 5. The lowest BCUT2D eigenvalue weighted by atomic mass is 10.1. The summed E-state index contributed by atoms with van der Waals surface area (Å²) in [7, 11) is 0. The third-order valence-corrected chi connectivity index (χ3v) is 2.60. The Bertz CT molecular complexity index is 386.